The highest BCUT2D eigenvalue weighted by Crippen LogP contribution is 2.20. The van der Waals surface area contributed by atoms with E-state index in [2.05, 4.69) is 5.32 Å². The third kappa shape index (κ3) is 5.19. The van der Waals surface area contributed by atoms with Gasteiger partial charge in [-0.3, -0.25) is 4.79 Å². The molecule has 4 N–H and O–H groups in total. The second kappa shape index (κ2) is 7.71. The Morgan fingerprint density at radius 2 is 2.00 bits per heavy atom. The van der Waals surface area contributed by atoms with Gasteiger partial charge in [-0.1, -0.05) is 12.8 Å². The maximum absolute atomic E-state index is 11.6. The van der Waals surface area contributed by atoms with Crippen LogP contribution in [-0.2, 0) is 4.79 Å². The van der Waals surface area contributed by atoms with Gasteiger partial charge in [-0.25, -0.2) is 0 Å². The van der Waals surface area contributed by atoms with Crippen LogP contribution in [0.15, 0.2) is 18.2 Å². The van der Waals surface area contributed by atoms with Crippen LogP contribution < -0.4 is 11.1 Å². The van der Waals surface area contributed by atoms with E-state index in [1.807, 2.05) is 0 Å². The van der Waals surface area contributed by atoms with E-state index in [1.54, 1.807) is 25.1 Å². The molecule has 1 amide bonds. The van der Waals surface area contributed by atoms with Crippen molar-refractivity contribution in [2.45, 2.75) is 39.0 Å². The highest BCUT2D eigenvalue weighted by Gasteiger charge is 2.03. The quantitative estimate of drug-likeness (QED) is 0.514. The van der Waals surface area contributed by atoms with Crippen molar-refractivity contribution in [3.05, 3.63) is 23.8 Å². The lowest BCUT2D eigenvalue weighted by Crippen LogP contribution is -2.11. The third-order valence-electron chi connectivity index (χ3n) is 2.84. The molecule has 0 spiro atoms. The van der Waals surface area contributed by atoms with Crippen molar-refractivity contribution in [1.82, 2.24) is 0 Å². The lowest BCUT2D eigenvalue weighted by molar-refractivity contribution is -0.116. The van der Waals surface area contributed by atoms with E-state index in [1.165, 1.54) is 0 Å². The predicted molar refractivity (Wildman–Crippen MR) is 73.6 cm³/mol. The minimum atomic E-state index is 0.0211. The molecule has 4 nitrogen and oxygen atoms in total. The fourth-order valence-electron chi connectivity index (χ4n) is 1.74. The molecule has 0 aliphatic rings. The maximum Gasteiger partial charge on any atom is 0.224 e. The summed E-state index contributed by atoms with van der Waals surface area (Å²) in [7, 11) is 0. The van der Waals surface area contributed by atoms with Gasteiger partial charge in [0.15, 0.2) is 0 Å². The van der Waals surface area contributed by atoms with Crippen LogP contribution in [0, 0.1) is 6.92 Å². The summed E-state index contributed by atoms with van der Waals surface area (Å²) < 4.78 is 0. The molecule has 0 aliphatic carbocycles. The van der Waals surface area contributed by atoms with E-state index in [4.69, 9.17) is 5.73 Å². The van der Waals surface area contributed by atoms with Gasteiger partial charge in [0.2, 0.25) is 5.91 Å². The lowest BCUT2D eigenvalue weighted by Gasteiger charge is -2.07. The molecule has 4 heteroatoms. The Labute approximate surface area is 108 Å². The summed E-state index contributed by atoms with van der Waals surface area (Å²) in [6.45, 7) is 2.52. The molecular formula is C14H22N2O2. The highest BCUT2D eigenvalue weighted by atomic mass is 16.3. The van der Waals surface area contributed by atoms with Crippen LogP contribution in [0.25, 0.3) is 0 Å². The van der Waals surface area contributed by atoms with Crippen molar-refractivity contribution in [3.63, 3.8) is 0 Å². The Kier molecular flexibility index (Phi) is 6.22. The summed E-state index contributed by atoms with van der Waals surface area (Å²) in [5.74, 6) is 0.266. The van der Waals surface area contributed by atoms with Crippen molar-refractivity contribution in [2.24, 2.45) is 5.73 Å². The zero-order chi connectivity index (χ0) is 13.4. The molecule has 0 saturated carbocycles. The minimum Gasteiger partial charge on any atom is -0.508 e. The van der Waals surface area contributed by atoms with E-state index in [-0.39, 0.29) is 11.7 Å². The molecule has 0 saturated heterocycles. The van der Waals surface area contributed by atoms with Gasteiger partial charge < -0.3 is 16.2 Å². The molecule has 0 unspecified atom stereocenters. The predicted octanol–water partition coefficient (Wildman–Crippen LogP) is 2.55. The summed E-state index contributed by atoms with van der Waals surface area (Å²) in [6, 6.07) is 5.06. The molecule has 0 bridgehead atoms. The van der Waals surface area contributed by atoms with Gasteiger partial charge in [-0.05, 0) is 50.1 Å². The van der Waals surface area contributed by atoms with Gasteiger partial charge in [0.25, 0.3) is 0 Å². The first-order chi connectivity index (χ1) is 8.63. The van der Waals surface area contributed by atoms with E-state index >= 15 is 0 Å². The van der Waals surface area contributed by atoms with Gasteiger partial charge in [-0.15, -0.1) is 0 Å². The number of hydrogen-bond donors (Lipinski definition) is 3. The number of nitrogens with two attached hydrogens (primary N) is 1. The average molecular weight is 250 g/mol. The van der Waals surface area contributed by atoms with Crippen molar-refractivity contribution in [2.75, 3.05) is 11.9 Å². The molecule has 1 aromatic carbocycles. The monoisotopic (exact) mass is 250 g/mol. The first-order valence-corrected chi connectivity index (χ1v) is 6.43. The van der Waals surface area contributed by atoms with Crippen LogP contribution in [-0.4, -0.2) is 17.6 Å². The average Bonchev–Trinajstić information content (AvgIpc) is 2.34. The number of carbonyl (C=O) groups excluding carboxylic acids is 1. The number of nitrogens with one attached hydrogen (secondary N) is 1. The molecule has 0 atom stereocenters. The summed E-state index contributed by atoms with van der Waals surface area (Å²) in [4.78, 5) is 11.6. The van der Waals surface area contributed by atoms with Crippen molar-refractivity contribution in [1.29, 1.82) is 0 Å². The lowest BCUT2D eigenvalue weighted by atomic mass is 10.1. The fourth-order valence-corrected chi connectivity index (χ4v) is 1.74. The van der Waals surface area contributed by atoms with Crippen LogP contribution in [0.5, 0.6) is 5.75 Å². The van der Waals surface area contributed by atoms with E-state index in [0.29, 0.717) is 6.42 Å². The third-order valence-corrected chi connectivity index (χ3v) is 2.84. The first kappa shape index (κ1) is 14.5. The van der Waals surface area contributed by atoms with Crippen LogP contribution in [0.3, 0.4) is 0 Å². The second-order valence-electron chi connectivity index (χ2n) is 4.50. The van der Waals surface area contributed by atoms with Crippen molar-refractivity contribution in [3.8, 4) is 5.75 Å². The number of hydrogen-bond acceptors (Lipinski definition) is 3. The highest BCUT2D eigenvalue weighted by molar-refractivity contribution is 5.90. The zero-order valence-electron chi connectivity index (χ0n) is 10.9. The molecule has 1 rings (SSSR count). The topological polar surface area (TPSA) is 75.4 Å². The zero-order valence-corrected chi connectivity index (χ0v) is 10.9. The Morgan fingerprint density at radius 1 is 1.28 bits per heavy atom. The molecule has 0 aliphatic heterocycles. The molecule has 0 aromatic heterocycles. The molecule has 0 fully saturated rings. The first-order valence-electron chi connectivity index (χ1n) is 6.43. The van der Waals surface area contributed by atoms with Gasteiger partial charge in [0, 0.05) is 12.1 Å². The molecule has 1 aromatic rings. The number of anilines is 1. The van der Waals surface area contributed by atoms with Crippen LogP contribution in [0.2, 0.25) is 0 Å². The van der Waals surface area contributed by atoms with E-state index in [0.717, 1.165) is 43.5 Å². The number of carbonyl (C=O) groups is 1. The Balaban J connectivity index is 2.29. The number of rotatable bonds is 7. The number of phenolic OH excluding ortho intramolecular Hbond substituents is 1. The molecular weight excluding hydrogens is 228 g/mol. The van der Waals surface area contributed by atoms with Crippen LogP contribution in [0.1, 0.15) is 37.7 Å². The largest absolute Gasteiger partial charge is 0.508 e. The Bertz CT molecular complexity index is 391. The minimum absolute atomic E-state index is 0.0211. The standard InChI is InChI=1S/C14H22N2O2/c1-11-10-12(7-8-13(11)17)16-14(18)6-4-2-3-5-9-15/h7-8,10,17H,2-6,9,15H2,1H3,(H,16,18). The summed E-state index contributed by atoms with van der Waals surface area (Å²) >= 11 is 0. The fraction of sp³-hybridized carbons (Fsp3) is 0.500. The van der Waals surface area contributed by atoms with Crippen molar-refractivity contribution >= 4 is 11.6 Å². The number of aryl methyl sites for hydroxylation is 1. The molecule has 0 heterocycles. The maximum atomic E-state index is 11.6. The van der Waals surface area contributed by atoms with Crippen molar-refractivity contribution < 1.29 is 9.90 Å². The second-order valence-corrected chi connectivity index (χ2v) is 4.50. The number of phenols is 1. The normalized spacial score (nSPS) is 10.3. The van der Waals surface area contributed by atoms with E-state index < -0.39 is 0 Å². The smallest absolute Gasteiger partial charge is 0.224 e. The summed E-state index contributed by atoms with van der Waals surface area (Å²) in [6.07, 6.45) is 4.58. The summed E-state index contributed by atoms with van der Waals surface area (Å²) in [5, 5.41) is 12.2. The molecule has 0 radical (unpaired) electrons. The number of benzene rings is 1. The Hall–Kier alpha value is -1.55. The van der Waals surface area contributed by atoms with Gasteiger partial charge in [-0.2, -0.15) is 0 Å². The van der Waals surface area contributed by atoms with Gasteiger partial charge in [0.05, 0.1) is 0 Å². The van der Waals surface area contributed by atoms with E-state index in [9.17, 15) is 9.90 Å². The van der Waals surface area contributed by atoms with Gasteiger partial charge in [0.1, 0.15) is 5.75 Å². The molecule has 100 valence electrons. The molecule has 18 heavy (non-hydrogen) atoms. The number of amides is 1. The SMILES string of the molecule is Cc1cc(NC(=O)CCCCCCN)ccc1O. The van der Waals surface area contributed by atoms with Gasteiger partial charge >= 0.3 is 0 Å². The van der Waals surface area contributed by atoms with Crippen LogP contribution in [0.4, 0.5) is 5.69 Å². The number of unbranched alkanes of at least 4 members (excludes halogenated alkanes) is 3. The number of aromatic hydroxyl groups is 1. The van der Waals surface area contributed by atoms with Crippen LogP contribution >= 0.6 is 0 Å². The summed E-state index contributed by atoms with van der Waals surface area (Å²) in [5.41, 5.74) is 6.89. The Morgan fingerprint density at radius 3 is 2.67 bits per heavy atom.